The summed E-state index contributed by atoms with van der Waals surface area (Å²) in [6.07, 6.45) is 0. The van der Waals surface area contributed by atoms with Crippen LogP contribution >= 0.6 is 0 Å². The number of carbonyl (C=O) groups excluding carboxylic acids is 2. The second-order valence-corrected chi connectivity index (χ2v) is 7.18. The van der Waals surface area contributed by atoms with Crippen molar-refractivity contribution in [3.63, 3.8) is 0 Å². The average Bonchev–Trinajstić information content (AvgIpc) is 3.06. The maximum absolute atomic E-state index is 12.9. The molecule has 0 radical (unpaired) electrons. The second-order valence-electron chi connectivity index (χ2n) is 7.18. The van der Waals surface area contributed by atoms with Gasteiger partial charge in [0.15, 0.2) is 23.9 Å². The fraction of sp³-hybridized carbons (Fsp3) is 0.280. The predicted octanol–water partition coefficient (Wildman–Crippen LogP) is 4.97. The minimum Gasteiger partial charge on any atom is -0.494 e. The number of methoxy groups -OCH3 is 1. The van der Waals surface area contributed by atoms with E-state index in [4.69, 9.17) is 14.2 Å². The van der Waals surface area contributed by atoms with E-state index in [1.807, 2.05) is 55.7 Å². The highest BCUT2D eigenvalue weighted by atomic mass is 16.5. The van der Waals surface area contributed by atoms with Gasteiger partial charge in [0.05, 0.1) is 13.7 Å². The third-order valence-electron chi connectivity index (χ3n) is 5.07. The molecule has 3 rings (SSSR count). The van der Waals surface area contributed by atoms with E-state index in [-0.39, 0.29) is 18.2 Å². The molecule has 0 unspecified atom stereocenters. The number of hydrogen-bond donors (Lipinski definition) is 0. The monoisotopic (exact) mass is 421 g/mol. The molecule has 0 fully saturated rings. The maximum atomic E-state index is 12.9. The fourth-order valence-electron chi connectivity index (χ4n) is 3.53. The van der Waals surface area contributed by atoms with Crippen molar-refractivity contribution in [2.24, 2.45) is 0 Å². The molecule has 0 saturated carbocycles. The third-order valence-corrected chi connectivity index (χ3v) is 5.07. The number of rotatable bonds is 9. The van der Waals surface area contributed by atoms with Crippen LogP contribution in [0.25, 0.3) is 5.69 Å². The largest absolute Gasteiger partial charge is 0.494 e. The molecule has 3 aromatic rings. The van der Waals surface area contributed by atoms with Crippen molar-refractivity contribution in [3.8, 4) is 22.9 Å². The summed E-state index contributed by atoms with van der Waals surface area (Å²) in [5.74, 6) is 1.44. The van der Waals surface area contributed by atoms with Crippen LogP contribution in [0.15, 0.2) is 48.5 Å². The molecular formula is C25H27NO5. The summed E-state index contributed by atoms with van der Waals surface area (Å²) in [6, 6.07) is 14.6. The Labute approximate surface area is 182 Å². The Hall–Kier alpha value is -3.54. The van der Waals surface area contributed by atoms with Gasteiger partial charge < -0.3 is 18.8 Å². The molecule has 0 aliphatic heterocycles. The molecule has 6 heteroatoms. The van der Waals surface area contributed by atoms with Gasteiger partial charge in [-0.25, -0.2) is 0 Å². The lowest BCUT2D eigenvalue weighted by Gasteiger charge is -2.12. The van der Waals surface area contributed by atoms with E-state index in [2.05, 4.69) is 0 Å². The zero-order valence-corrected chi connectivity index (χ0v) is 18.5. The predicted molar refractivity (Wildman–Crippen MR) is 119 cm³/mol. The molecule has 0 bridgehead atoms. The van der Waals surface area contributed by atoms with E-state index in [1.54, 1.807) is 18.2 Å². The molecule has 0 spiro atoms. The summed E-state index contributed by atoms with van der Waals surface area (Å²) < 4.78 is 18.6. The van der Waals surface area contributed by atoms with Gasteiger partial charge in [-0.15, -0.1) is 0 Å². The first-order valence-electron chi connectivity index (χ1n) is 10.1. The smallest absolute Gasteiger partial charge is 0.202 e. The van der Waals surface area contributed by atoms with Crippen LogP contribution in [0, 0.1) is 13.8 Å². The van der Waals surface area contributed by atoms with Crippen LogP contribution in [0.2, 0.25) is 0 Å². The van der Waals surface area contributed by atoms with Crippen LogP contribution in [0.3, 0.4) is 0 Å². The van der Waals surface area contributed by atoms with Gasteiger partial charge in [0, 0.05) is 28.2 Å². The van der Waals surface area contributed by atoms with Crippen LogP contribution in [0.4, 0.5) is 0 Å². The summed E-state index contributed by atoms with van der Waals surface area (Å²) in [7, 11) is 1.50. The molecule has 0 atom stereocenters. The third kappa shape index (κ3) is 4.79. The number of aromatic nitrogens is 1. The first-order chi connectivity index (χ1) is 14.8. The molecule has 162 valence electrons. The van der Waals surface area contributed by atoms with Gasteiger partial charge >= 0.3 is 0 Å². The number of carbonyl (C=O) groups is 2. The Morgan fingerprint density at radius 3 is 2.26 bits per heavy atom. The van der Waals surface area contributed by atoms with E-state index in [9.17, 15) is 9.59 Å². The highest BCUT2D eigenvalue weighted by Gasteiger charge is 2.18. The standard InChI is InChI=1S/C25H27NO5/c1-6-30-21-10-8-20(9-11-21)26-16(2)13-22(17(26)3)23(28)15-31-24-12-7-19(18(4)27)14-25(24)29-5/h7-14H,6,15H2,1-5H3. The highest BCUT2D eigenvalue weighted by Crippen LogP contribution is 2.29. The Morgan fingerprint density at radius 1 is 0.935 bits per heavy atom. The number of benzene rings is 2. The zero-order chi connectivity index (χ0) is 22.5. The molecule has 31 heavy (non-hydrogen) atoms. The zero-order valence-electron chi connectivity index (χ0n) is 18.5. The summed E-state index contributed by atoms with van der Waals surface area (Å²) >= 11 is 0. The van der Waals surface area contributed by atoms with E-state index in [0.29, 0.717) is 29.2 Å². The van der Waals surface area contributed by atoms with E-state index in [1.165, 1.54) is 14.0 Å². The van der Waals surface area contributed by atoms with Gasteiger partial charge in [-0.3, -0.25) is 9.59 Å². The van der Waals surface area contributed by atoms with Crippen LogP contribution in [0.5, 0.6) is 17.2 Å². The molecular weight excluding hydrogens is 394 g/mol. The van der Waals surface area contributed by atoms with Crippen molar-refractivity contribution in [2.45, 2.75) is 27.7 Å². The first-order valence-corrected chi connectivity index (χ1v) is 10.1. The summed E-state index contributed by atoms with van der Waals surface area (Å²) in [5, 5.41) is 0. The quantitative estimate of drug-likeness (QED) is 0.457. The number of ketones is 2. The number of ether oxygens (including phenoxy) is 3. The summed E-state index contributed by atoms with van der Waals surface area (Å²) in [5.41, 5.74) is 3.88. The fourth-order valence-corrected chi connectivity index (χ4v) is 3.53. The van der Waals surface area contributed by atoms with E-state index >= 15 is 0 Å². The normalized spacial score (nSPS) is 10.6. The van der Waals surface area contributed by atoms with Crippen molar-refractivity contribution >= 4 is 11.6 Å². The van der Waals surface area contributed by atoms with Crippen LogP contribution in [-0.4, -0.2) is 36.5 Å². The molecule has 0 aliphatic rings. The summed E-state index contributed by atoms with van der Waals surface area (Å²) in [6.45, 7) is 7.79. The molecule has 0 aliphatic carbocycles. The SMILES string of the molecule is CCOc1ccc(-n2c(C)cc(C(=O)COc3ccc(C(C)=O)cc3OC)c2C)cc1. The lowest BCUT2D eigenvalue weighted by Crippen LogP contribution is -2.13. The maximum Gasteiger partial charge on any atom is 0.202 e. The molecule has 0 N–H and O–H groups in total. The van der Waals surface area contributed by atoms with Crippen molar-refractivity contribution < 1.29 is 23.8 Å². The minimum absolute atomic E-state index is 0.0670. The lowest BCUT2D eigenvalue weighted by atomic mass is 10.1. The van der Waals surface area contributed by atoms with Crippen molar-refractivity contribution in [1.29, 1.82) is 0 Å². The number of Topliss-reactive ketones (excluding diaryl/α,β-unsaturated/α-hetero) is 2. The van der Waals surface area contributed by atoms with Crippen molar-refractivity contribution in [3.05, 3.63) is 71.0 Å². The van der Waals surface area contributed by atoms with Crippen molar-refractivity contribution in [2.75, 3.05) is 20.3 Å². The average molecular weight is 421 g/mol. The van der Waals surface area contributed by atoms with Gasteiger partial charge in [-0.1, -0.05) is 0 Å². The minimum atomic E-state index is -0.136. The Bertz CT molecular complexity index is 1100. The molecule has 0 saturated heterocycles. The highest BCUT2D eigenvalue weighted by molar-refractivity contribution is 5.99. The van der Waals surface area contributed by atoms with Gasteiger partial charge in [-0.05, 0) is 76.2 Å². The molecule has 6 nitrogen and oxygen atoms in total. The Balaban J connectivity index is 1.79. The van der Waals surface area contributed by atoms with Crippen LogP contribution < -0.4 is 14.2 Å². The number of hydrogen-bond acceptors (Lipinski definition) is 5. The molecule has 2 aromatic carbocycles. The van der Waals surface area contributed by atoms with Crippen LogP contribution in [0.1, 0.15) is 46.0 Å². The van der Waals surface area contributed by atoms with E-state index < -0.39 is 0 Å². The number of nitrogens with zero attached hydrogens (tertiary/aromatic N) is 1. The van der Waals surface area contributed by atoms with Gasteiger partial charge in [0.1, 0.15) is 5.75 Å². The van der Waals surface area contributed by atoms with Gasteiger partial charge in [-0.2, -0.15) is 0 Å². The first kappa shape index (κ1) is 22.2. The summed E-state index contributed by atoms with van der Waals surface area (Å²) in [4.78, 5) is 24.5. The van der Waals surface area contributed by atoms with Gasteiger partial charge in [0.2, 0.25) is 5.78 Å². The Kier molecular flexibility index (Phi) is 6.80. The lowest BCUT2D eigenvalue weighted by molar-refractivity contribution is 0.0917. The molecule has 1 aromatic heterocycles. The topological polar surface area (TPSA) is 66.8 Å². The second kappa shape index (κ2) is 9.51. The molecule has 0 amide bonds. The Morgan fingerprint density at radius 2 is 1.65 bits per heavy atom. The molecule has 1 heterocycles. The van der Waals surface area contributed by atoms with Crippen LogP contribution in [-0.2, 0) is 0 Å². The number of aryl methyl sites for hydroxylation is 1. The van der Waals surface area contributed by atoms with Gasteiger partial charge in [0.25, 0.3) is 0 Å². The van der Waals surface area contributed by atoms with Crippen molar-refractivity contribution in [1.82, 2.24) is 4.57 Å². The van der Waals surface area contributed by atoms with E-state index in [0.717, 1.165) is 22.8 Å².